The van der Waals surface area contributed by atoms with Gasteiger partial charge in [-0.3, -0.25) is 0 Å². The van der Waals surface area contributed by atoms with Crippen LogP contribution in [0.1, 0.15) is 11.6 Å². The van der Waals surface area contributed by atoms with Crippen LogP contribution in [0.4, 0.5) is 4.39 Å². The maximum Gasteiger partial charge on any atom is 0.141 e. The molecule has 2 rings (SSSR count). The number of hydrogen-bond acceptors (Lipinski definition) is 3. The van der Waals surface area contributed by atoms with E-state index in [0.717, 1.165) is 5.39 Å². The van der Waals surface area contributed by atoms with Crippen molar-refractivity contribution in [1.29, 1.82) is 0 Å². The van der Waals surface area contributed by atoms with E-state index < -0.39 is 11.9 Å². The van der Waals surface area contributed by atoms with Gasteiger partial charge in [0.25, 0.3) is 0 Å². The number of rotatable bonds is 2. The number of halogens is 1. The van der Waals surface area contributed by atoms with Crippen molar-refractivity contribution in [2.24, 2.45) is 5.73 Å². The van der Waals surface area contributed by atoms with Gasteiger partial charge in [-0.1, -0.05) is 0 Å². The zero-order chi connectivity index (χ0) is 10.1. The number of benzene rings is 1. The molecule has 0 aliphatic carbocycles. The molecule has 0 radical (unpaired) electrons. The lowest BCUT2D eigenvalue weighted by Gasteiger charge is -2.09. The lowest BCUT2D eigenvalue weighted by atomic mass is 10.1. The highest BCUT2D eigenvalue weighted by Gasteiger charge is 2.16. The zero-order valence-electron chi connectivity index (χ0n) is 7.40. The van der Waals surface area contributed by atoms with Gasteiger partial charge >= 0.3 is 0 Å². The quantitative estimate of drug-likeness (QED) is 0.764. The number of hydrogen-bond donors (Lipinski definition) is 2. The van der Waals surface area contributed by atoms with Crippen molar-refractivity contribution in [2.45, 2.75) is 6.04 Å². The van der Waals surface area contributed by atoms with E-state index in [2.05, 4.69) is 0 Å². The van der Waals surface area contributed by atoms with Crippen LogP contribution >= 0.6 is 0 Å². The average molecular weight is 195 g/mol. The fourth-order valence-corrected chi connectivity index (χ4v) is 1.47. The van der Waals surface area contributed by atoms with Gasteiger partial charge in [0.05, 0.1) is 24.5 Å². The van der Waals surface area contributed by atoms with Gasteiger partial charge in [-0.05, 0) is 18.2 Å². The van der Waals surface area contributed by atoms with E-state index in [9.17, 15) is 4.39 Å². The highest BCUT2D eigenvalue weighted by Crippen LogP contribution is 2.26. The van der Waals surface area contributed by atoms with Crippen LogP contribution in [0.2, 0.25) is 0 Å². The van der Waals surface area contributed by atoms with Crippen molar-refractivity contribution in [3.05, 3.63) is 35.8 Å². The standard InChI is InChI=1S/C10H10FNO2/c11-7-2-1-6-3-4-14-10(6)9(7)8(12)5-13/h1-4,8,13H,5,12H2. The Bertz CT molecular complexity index is 452. The molecular weight excluding hydrogens is 185 g/mol. The van der Waals surface area contributed by atoms with Crippen LogP contribution < -0.4 is 5.73 Å². The molecule has 0 fully saturated rings. The summed E-state index contributed by atoms with van der Waals surface area (Å²) in [6, 6.07) is 3.91. The second kappa shape index (κ2) is 3.40. The summed E-state index contributed by atoms with van der Waals surface area (Å²) in [5, 5.41) is 9.66. The molecule has 0 bridgehead atoms. The predicted octanol–water partition coefficient (Wildman–Crippen LogP) is 1.56. The molecule has 1 aromatic heterocycles. The van der Waals surface area contributed by atoms with Crippen molar-refractivity contribution in [2.75, 3.05) is 6.61 Å². The van der Waals surface area contributed by atoms with Crippen molar-refractivity contribution in [3.8, 4) is 0 Å². The smallest absolute Gasteiger partial charge is 0.141 e. The molecule has 3 N–H and O–H groups in total. The van der Waals surface area contributed by atoms with E-state index in [-0.39, 0.29) is 12.2 Å². The summed E-state index contributed by atoms with van der Waals surface area (Å²) < 4.78 is 18.5. The molecule has 1 aromatic carbocycles. The monoisotopic (exact) mass is 195 g/mol. The molecule has 0 saturated heterocycles. The molecular formula is C10H10FNO2. The number of fused-ring (bicyclic) bond motifs is 1. The van der Waals surface area contributed by atoms with Gasteiger partial charge in [0.1, 0.15) is 11.4 Å². The first kappa shape index (κ1) is 9.18. The van der Waals surface area contributed by atoms with Crippen LogP contribution in [0.3, 0.4) is 0 Å². The maximum absolute atomic E-state index is 13.4. The highest BCUT2D eigenvalue weighted by atomic mass is 19.1. The summed E-state index contributed by atoms with van der Waals surface area (Å²) in [5.41, 5.74) is 6.21. The third kappa shape index (κ3) is 1.29. The topological polar surface area (TPSA) is 59.4 Å². The van der Waals surface area contributed by atoms with Crippen LogP contribution in [0, 0.1) is 5.82 Å². The van der Waals surface area contributed by atoms with Crippen LogP contribution in [0.25, 0.3) is 11.0 Å². The normalized spacial score (nSPS) is 13.4. The third-order valence-corrected chi connectivity index (χ3v) is 2.17. The number of aliphatic hydroxyl groups is 1. The molecule has 0 aliphatic heterocycles. The minimum atomic E-state index is -0.746. The first-order valence-electron chi connectivity index (χ1n) is 4.26. The van der Waals surface area contributed by atoms with Crippen molar-refractivity contribution >= 4 is 11.0 Å². The molecule has 0 aliphatic rings. The summed E-state index contributed by atoms with van der Waals surface area (Å²) >= 11 is 0. The molecule has 4 heteroatoms. The van der Waals surface area contributed by atoms with Crippen LogP contribution in [0.5, 0.6) is 0 Å². The summed E-state index contributed by atoms with van der Waals surface area (Å²) in [6.07, 6.45) is 1.47. The minimum Gasteiger partial charge on any atom is -0.464 e. The Labute approximate surface area is 79.9 Å². The fraction of sp³-hybridized carbons (Fsp3) is 0.200. The Kier molecular flexibility index (Phi) is 2.23. The van der Waals surface area contributed by atoms with Crippen LogP contribution in [0.15, 0.2) is 28.9 Å². The second-order valence-corrected chi connectivity index (χ2v) is 3.09. The van der Waals surface area contributed by atoms with E-state index in [0.29, 0.717) is 5.58 Å². The molecule has 3 nitrogen and oxygen atoms in total. The molecule has 1 atom stereocenters. The molecule has 0 amide bonds. The molecule has 74 valence electrons. The van der Waals surface area contributed by atoms with Gasteiger partial charge in [-0.2, -0.15) is 0 Å². The van der Waals surface area contributed by atoms with E-state index >= 15 is 0 Å². The minimum absolute atomic E-state index is 0.231. The zero-order valence-corrected chi connectivity index (χ0v) is 7.40. The summed E-state index contributed by atoms with van der Waals surface area (Å²) in [5.74, 6) is -0.450. The van der Waals surface area contributed by atoms with Crippen LogP contribution in [-0.4, -0.2) is 11.7 Å². The lowest BCUT2D eigenvalue weighted by molar-refractivity contribution is 0.265. The van der Waals surface area contributed by atoms with Gasteiger partial charge in [0, 0.05) is 5.39 Å². The Balaban J connectivity index is 2.70. The Morgan fingerprint density at radius 1 is 1.43 bits per heavy atom. The Morgan fingerprint density at radius 2 is 2.21 bits per heavy atom. The maximum atomic E-state index is 13.4. The van der Waals surface area contributed by atoms with Gasteiger partial charge in [-0.25, -0.2) is 4.39 Å². The van der Waals surface area contributed by atoms with Gasteiger partial charge in [0.15, 0.2) is 0 Å². The molecule has 14 heavy (non-hydrogen) atoms. The lowest BCUT2D eigenvalue weighted by Crippen LogP contribution is -2.16. The van der Waals surface area contributed by atoms with Crippen molar-refractivity contribution < 1.29 is 13.9 Å². The summed E-state index contributed by atoms with van der Waals surface area (Å²) in [6.45, 7) is -0.309. The predicted molar refractivity (Wildman–Crippen MR) is 50.2 cm³/mol. The fourth-order valence-electron chi connectivity index (χ4n) is 1.47. The molecule has 2 aromatic rings. The first-order valence-corrected chi connectivity index (χ1v) is 4.26. The van der Waals surface area contributed by atoms with Gasteiger partial charge in [0.2, 0.25) is 0 Å². The first-order chi connectivity index (χ1) is 6.74. The SMILES string of the molecule is NC(CO)c1c(F)ccc2ccoc12. The molecule has 1 unspecified atom stereocenters. The third-order valence-electron chi connectivity index (χ3n) is 2.17. The van der Waals surface area contributed by atoms with Crippen molar-refractivity contribution in [1.82, 2.24) is 0 Å². The Hall–Kier alpha value is -1.39. The van der Waals surface area contributed by atoms with Gasteiger partial charge < -0.3 is 15.3 Å². The average Bonchev–Trinajstić information content (AvgIpc) is 2.64. The number of aliphatic hydroxyl groups excluding tert-OH is 1. The van der Waals surface area contributed by atoms with E-state index in [1.807, 2.05) is 0 Å². The van der Waals surface area contributed by atoms with Crippen LogP contribution in [-0.2, 0) is 0 Å². The van der Waals surface area contributed by atoms with E-state index in [1.165, 1.54) is 12.3 Å². The second-order valence-electron chi connectivity index (χ2n) is 3.09. The highest BCUT2D eigenvalue weighted by molar-refractivity contribution is 5.80. The van der Waals surface area contributed by atoms with Crippen molar-refractivity contribution in [3.63, 3.8) is 0 Å². The number of nitrogens with two attached hydrogens (primary N) is 1. The molecule has 0 spiro atoms. The van der Waals surface area contributed by atoms with E-state index in [1.54, 1.807) is 12.1 Å². The molecule has 1 heterocycles. The number of furan rings is 1. The summed E-state index contributed by atoms with van der Waals surface area (Å²) in [4.78, 5) is 0. The molecule has 0 saturated carbocycles. The van der Waals surface area contributed by atoms with E-state index in [4.69, 9.17) is 15.3 Å². The summed E-state index contributed by atoms with van der Waals surface area (Å²) in [7, 11) is 0. The largest absolute Gasteiger partial charge is 0.464 e. The van der Waals surface area contributed by atoms with Gasteiger partial charge in [-0.15, -0.1) is 0 Å². The Morgan fingerprint density at radius 3 is 2.93 bits per heavy atom.